The summed E-state index contributed by atoms with van der Waals surface area (Å²) in [6.07, 6.45) is 5.15. The zero-order chi connectivity index (χ0) is 14.7. The number of halogens is 1. The molecule has 1 aromatic heterocycles. The highest BCUT2D eigenvalue weighted by Crippen LogP contribution is 2.31. The summed E-state index contributed by atoms with van der Waals surface area (Å²) in [6.45, 7) is 0. The summed E-state index contributed by atoms with van der Waals surface area (Å²) in [5.41, 5.74) is 6.18. The molecule has 21 heavy (non-hydrogen) atoms. The van der Waals surface area contributed by atoms with Crippen molar-refractivity contribution in [1.29, 1.82) is 0 Å². The van der Waals surface area contributed by atoms with Crippen molar-refractivity contribution in [2.45, 2.75) is 48.3 Å². The lowest BCUT2D eigenvalue weighted by molar-refractivity contribution is 0.327. The van der Waals surface area contributed by atoms with E-state index in [1.165, 1.54) is 12.8 Å². The standard InChI is InChI=1S/C15H18ClN3OS/c16-11-5-1-2-6-12(11)21-10-13-18-14(20-19-13)9-15(17)7-3-4-8-15/h1-2,5-6H,3-4,7-10,17H2. The van der Waals surface area contributed by atoms with Gasteiger partial charge in [0, 0.05) is 16.9 Å². The predicted molar refractivity (Wildman–Crippen MR) is 84.4 cm³/mol. The number of hydrogen-bond acceptors (Lipinski definition) is 5. The van der Waals surface area contributed by atoms with E-state index < -0.39 is 0 Å². The average molecular weight is 324 g/mol. The van der Waals surface area contributed by atoms with E-state index in [9.17, 15) is 0 Å². The Balaban J connectivity index is 1.59. The summed E-state index contributed by atoms with van der Waals surface area (Å²) in [7, 11) is 0. The molecule has 0 aliphatic heterocycles. The molecule has 0 spiro atoms. The number of nitrogens with zero attached hydrogens (tertiary/aromatic N) is 2. The quantitative estimate of drug-likeness (QED) is 0.847. The first-order valence-electron chi connectivity index (χ1n) is 7.12. The zero-order valence-electron chi connectivity index (χ0n) is 11.7. The largest absolute Gasteiger partial charge is 0.339 e. The molecule has 0 unspecified atom stereocenters. The lowest BCUT2D eigenvalue weighted by Gasteiger charge is -2.20. The first-order valence-corrected chi connectivity index (χ1v) is 8.49. The number of benzene rings is 1. The van der Waals surface area contributed by atoms with Crippen LogP contribution in [-0.4, -0.2) is 15.7 Å². The Morgan fingerprint density at radius 1 is 1.29 bits per heavy atom. The van der Waals surface area contributed by atoms with Crippen LogP contribution in [-0.2, 0) is 12.2 Å². The van der Waals surface area contributed by atoms with Crippen molar-refractivity contribution in [2.75, 3.05) is 0 Å². The molecule has 1 aliphatic rings. The van der Waals surface area contributed by atoms with Crippen LogP contribution in [0.2, 0.25) is 5.02 Å². The van der Waals surface area contributed by atoms with Gasteiger partial charge < -0.3 is 10.3 Å². The van der Waals surface area contributed by atoms with Gasteiger partial charge in [0.2, 0.25) is 5.89 Å². The van der Waals surface area contributed by atoms with Gasteiger partial charge in [0.15, 0.2) is 5.82 Å². The van der Waals surface area contributed by atoms with Gasteiger partial charge in [-0.2, -0.15) is 4.98 Å². The SMILES string of the molecule is NC1(Cc2nc(CSc3ccccc3Cl)no2)CCCC1. The van der Waals surface area contributed by atoms with Crippen molar-refractivity contribution in [3.63, 3.8) is 0 Å². The summed E-state index contributed by atoms with van der Waals surface area (Å²) >= 11 is 7.73. The van der Waals surface area contributed by atoms with Crippen LogP contribution in [0.4, 0.5) is 0 Å². The molecule has 0 atom stereocenters. The number of thioether (sulfide) groups is 1. The number of rotatable bonds is 5. The molecular weight excluding hydrogens is 306 g/mol. The topological polar surface area (TPSA) is 64.9 Å². The summed E-state index contributed by atoms with van der Waals surface area (Å²) in [4.78, 5) is 5.47. The Hall–Kier alpha value is -1.04. The molecule has 0 radical (unpaired) electrons. The Labute approximate surface area is 133 Å². The van der Waals surface area contributed by atoms with Crippen molar-refractivity contribution in [3.05, 3.63) is 41.0 Å². The van der Waals surface area contributed by atoms with Gasteiger partial charge in [-0.15, -0.1) is 11.8 Å². The molecule has 6 heteroatoms. The molecule has 1 heterocycles. The molecule has 4 nitrogen and oxygen atoms in total. The van der Waals surface area contributed by atoms with Gasteiger partial charge in [0.25, 0.3) is 0 Å². The van der Waals surface area contributed by atoms with E-state index in [4.69, 9.17) is 21.9 Å². The van der Waals surface area contributed by atoms with Crippen molar-refractivity contribution in [2.24, 2.45) is 5.73 Å². The molecule has 1 saturated carbocycles. The molecular formula is C15H18ClN3OS. The molecule has 1 fully saturated rings. The van der Waals surface area contributed by atoms with Crippen LogP contribution in [0.3, 0.4) is 0 Å². The third-order valence-corrected chi connectivity index (χ3v) is 5.32. The van der Waals surface area contributed by atoms with Crippen LogP contribution in [0.25, 0.3) is 0 Å². The van der Waals surface area contributed by atoms with Crippen molar-refractivity contribution in [3.8, 4) is 0 Å². The van der Waals surface area contributed by atoms with Gasteiger partial charge in [-0.05, 0) is 25.0 Å². The molecule has 1 aromatic carbocycles. The Morgan fingerprint density at radius 3 is 2.81 bits per heavy atom. The summed E-state index contributed by atoms with van der Waals surface area (Å²) in [6, 6.07) is 7.75. The third kappa shape index (κ3) is 3.78. The molecule has 3 rings (SSSR count). The van der Waals surface area contributed by atoms with Crippen LogP contribution in [0.1, 0.15) is 37.4 Å². The molecule has 0 saturated heterocycles. The summed E-state index contributed by atoms with van der Waals surface area (Å²) in [5.74, 6) is 1.98. The van der Waals surface area contributed by atoms with E-state index in [1.54, 1.807) is 11.8 Å². The van der Waals surface area contributed by atoms with E-state index >= 15 is 0 Å². The maximum absolute atomic E-state index is 6.33. The first-order chi connectivity index (χ1) is 10.1. The molecule has 112 valence electrons. The summed E-state index contributed by atoms with van der Waals surface area (Å²) < 4.78 is 5.32. The minimum Gasteiger partial charge on any atom is -0.339 e. The van der Waals surface area contributed by atoms with Crippen molar-refractivity contribution in [1.82, 2.24) is 10.1 Å². The molecule has 0 bridgehead atoms. The minimum atomic E-state index is -0.153. The third-order valence-electron chi connectivity index (χ3n) is 3.81. The summed E-state index contributed by atoms with van der Waals surface area (Å²) in [5, 5.41) is 4.78. The minimum absolute atomic E-state index is 0.153. The van der Waals surface area contributed by atoms with E-state index in [1.807, 2.05) is 24.3 Å². The van der Waals surface area contributed by atoms with Crippen LogP contribution in [0, 0.1) is 0 Å². The average Bonchev–Trinajstić information content (AvgIpc) is 3.08. The fourth-order valence-electron chi connectivity index (χ4n) is 2.68. The smallest absolute Gasteiger partial charge is 0.228 e. The van der Waals surface area contributed by atoms with Crippen LogP contribution in [0.5, 0.6) is 0 Å². The normalized spacial score (nSPS) is 17.2. The van der Waals surface area contributed by atoms with Crippen LogP contribution < -0.4 is 5.73 Å². The van der Waals surface area contributed by atoms with Crippen molar-refractivity contribution < 1.29 is 4.52 Å². The number of nitrogens with two attached hydrogens (primary N) is 1. The van der Waals surface area contributed by atoms with Crippen LogP contribution in [0.15, 0.2) is 33.7 Å². The lowest BCUT2D eigenvalue weighted by atomic mass is 9.95. The second kappa shape index (κ2) is 6.38. The number of aromatic nitrogens is 2. The lowest BCUT2D eigenvalue weighted by Crippen LogP contribution is -2.38. The highest BCUT2D eigenvalue weighted by atomic mass is 35.5. The van der Waals surface area contributed by atoms with E-state index in [0.717, 1.165) is 22.8 Å². The number of hydrogen-bond donors (Lipinski definition) is 1. The monoisotopic (exact) mass is 323 g/mol. The molecule has 0 amide bonds. The van der Waals surface area contributed by atoms with E-state index in [-0.39, 0.29) is 5.54 Å². The molecule has 1 aliphatic carbocycles. The maximum Gasteiger partial charge on any atom is 0.228 e. The fourth-order valence-corrected chi connectivity index (χ4v) is 3.76. The van der Waals surface area contributed by atoms with Gasteiger partial charge in [-0.1, -0.05) is 41.7 Å². The maximum atomic E-state index is 6.33. The second-order valence-corrected chi connectivity index (χ2v) is 6.99. The fraction of sp³-hybridized carbons (Fsp3) is 0.467. The van der Waals surface area contributed by atoms with Crippen molar-refractivity contribution >= 4 is 23.4 Å². The van der Waals surface area contributed by atoms with Crippen LogP contribution >= 0.6 is 23.4 Å². The van der Waals surface area contributed by atoms with E-state index in [0.29, 0.717) is 23.9 Å². The van der Waals surface area contributed by atoms with Gasteiger partial charge in [0.1, 0.15) is 0 Å². The Bertz CT molecular complexity index is 610. The Kier molecular flexibility index (Phi) is 4.52. The Morgan fingerprint density at radius 2 is 2.05 bits per heavy atom. The van der Waals surface area contributed by atoms with E-state index in [2.05, 4.69) is 10.1 Å². The van der Waals surface area contributed by atoms with Gasteiger partial charge in [0.05, 0.1) is 10.8 Å². The second-order valence-electron chi connectivity index (χ2n) is 5.57. The van der Waals surface area contributed by atoms with Gasteiger partial charge in [-0.25, -0.2) is 0 Å². The van der Waals surface area contributed by atoms with Gasteiger partial charge in [-0.3, -0.25) is 0 Å². The highest BCUT2D eigenvalue weighted by molar-refractivity contribution is 7.98. The first kappa shape index (κ1) is 14.9. The zero-order valence-corrected chi connectivity index (χ0v) is 13.3. The van der Waals surface area contributed by atoms with Gasteiger partial charge >= 0.3 is 0 Å². The molecule has 2 aromatic rings. The molecule has 2 N–H and O–H groups in total. The predicted octanol–water partition coefficient (Wildman–Crippen LogP) is 3.83. The highest BCUT2D eigenvalue weighted by Gasteiger charge is 2.31.